The molecule has 0 saturated heterocycles. The van der Waals surface area contributed by atoms with E-state index in [9.17, 15) is 5.11 Å². The molecule has 2 aromatic carbocycles. The van der Waals surface area contributed by atoms with Crippen LogP contribution in [-0.2, 0) is 0 Å². The number of aliphatic hydroxyl groups excluding tert-OH is 1. The van der Waals surface area contributed by atoms with Gasteiger partial charge >= 0.3 is 0 Å². The molecule has 1 unspecified atom stereocenters. The molecule has 6 nitrogen and oxygen atoms in total. The van der Waals surface area contributed by atoms with Crippen LogP contribution in [0.2, 0.25) is 0 Å². The van der Waals surface area contributed by atoms with Gasteiger partial charge in [-0.15, -0.1) is 0 Å². The SMILES string of the molecule is COc1ccc(NC(N)=NCC(O)COc2cccc(C)c2)cc1. The molecular formula is C18H23N3O3. The number of nitrogens with zero attached hydrogens (tertiary/aromatic N) is 1. The molecule has 128 valence electrons. The van der Waals surface area contributed by atoms with E-state index in [1.165, 1.54) is 0 Å². The number of aryl methyl sites for hydroxylation is 1. The number of ether oxygens (including phenoxy) is 2. The first kappa shape index (κ1) is 17.6. The minimum Gasteiger partial charge on any atom is -0.497 e. The summed E-state index contributed by atoms with van der Waals surface area (Å²) in [6, 6.07) is 15.0. The summed E-state index contributed by atoms with van der Waals surface area (Å²) in [6.45, 7) is 2.29. The largest absolute Gasteiger partial charge is 0.497 e. The topological polar surface area (TPSA) is 89.1 Å². The number of methoxy groups -OCH3 is 1. The highest BCUT2D eigenvalue weighted by Crippen LogP contribution is 2.15. The Labute approximate surface area is 141 Å². The van der Waals surface area contributed by atoms with Crippen molar-refractivity contribution in [3.05, 3.63) is 54.1 Å². The van der Waals surface area contributed by atoms with Crippen molar-refractivity contribution in [2.75, 3.05) is 25.6 Å². The van der Waals surface area contributed by atoms with Gasteiger partial charge in [-0.05, 0) is 48.9 Å². The van der Waals surface area contributed by atoms with Gasteiger partial charge in [-0.2, -0.15) is 0 Å². The van der Waals surface area contributed by atoms with E-state index in [-0.39, 0.29) is 19.1 Å². The van der Waals surface area contributed by atoms with E-state index < -0.39 is 6.10 Å². The molecule has 0 heterocycles. The molecule has 1 atom stereocenters. The van der Waals surface area contributed by atoms with Crippen LogP contribution >= 0.6 is 0 Å². The summed E-state index contributed by atoms with van der Waals surface area (Å²) in [5, 5.41) is 12.9. The van der Waals surface area contributed by atoms with Crippen LogP contribution in [0.15, 0.2) is 53.5 Å². The van der Waals surface area contributed by atoms with E-state index in [0.29, 0.717) is 0 Å². The van der Waals surface area contributed by atoms with E-state index in [4.69, 9.17) is 15.2 Å². The average Bonchev–Trinajstić information content (AvgIpc) is 2.59. The van der Waals surface area contributed by atoms with Crippen LogP contribution < -0.4 is 20.5 Å². The summed E-state index contributed by atoms with van der Waals surface area (Å²) < 4.78 is 10.6. The second kappa shape index (κ2) is 8.79. The van der Waals surface area contributed by atoms with Crippen LogP contribution in [0.5, 0.6) is 11.5 Å². The summed E-state index contributed by atoms with van der Waals surface area (Å²) >= 11 is 0. The lowest BCUT2D eigenvalue weighted by molar-refractivity contribution is 0.114. The first-order valence-corrected chi connectivity index (χ1v) is 7.65. The van der Waals surface area contributed by atoms with E-state index >= 15 is 0 Å². The van der Waals surface area contributed by atoms with Gasteiger partial charge in [-0.1, -0.05) is 12.1 Å². The van der Waals surface area contributed by atoms with Crippen molar-refractivity contribution in [2.45, 2.75) is 13.0 Å². The number of rotatable bonds is 7. The second-order valence-corrected chi connectivity index (χ2v) is 5.36. The lowest BCUT2D eigenvalue weighted by atomic mass is 10.2. The van der Waals surface area contributed by atoms with Crippen LogP contribution in [0.4, 0.5) is 5.69 Å². The fourth-order valence-corrected chi connectivity index (χ4v) is 2.02. The number of anilines is 1. The first-order chi connectivity index (χ1) is 11.6. The normalized spacial score (nSPS) is 12.5. The Balaban J connectivity index is 1.78. The molecule has 0 spiro atoms. The van der Waals surface area contributed by atoms with E-state index in [2.05, 4.69) is 10.3 Å². The molecule has 0 fully saturated rings. The molecule has 0 aliphatic heterocycles. The smallest absolute Gasteiger partial charge is 0.193 e. The number of aliphatic imine (C=N–C) groups is 1. The maximum atomic E-state index is 9.93. The van der Waals surface area contributed by atoms with Crippen LogP contribution in [0.3, 0.4) is 0 Å². The number of nitrogens with two attached hydrogens (primary N) is 1. The molecule has 0 saturated carbocycles. The van der Waals surface area contributed by atoms with Gasteiger partial charge < -0.3 is 25.6 Å². The monoisotopic (exact) mass is 329 g/mol. The molecule has 0 aromatic heterocycles. The number of hydrogen-bond acceptors (Lipinski definition) is 4. The molecular weight excluding hydrogens is 306 g/mol. The average molecular weight is 329 g/mol. The van der Waals surface area contributed by atoms with E-state index in [0.717, 1.165) is 22.7 Å². The van der Waals surface area contributed by atoms with Crippen molar-refractivity contribution < 1.29 is 14.6 Å². The third kappa shape index (κ3) is 5.81. The highest BCUT2D eigenvalue weighted by Gasteiger charge is 2.05. The standard InChI is InChI=1S/C18H23N3O3/c1-13-4-3-5-17(10-13)24-12-15(22)11-20-18(19)21-14-6-8-16(23-2)9-7-14/h3-10,15,22H,11-12H2,1-2H3,(H3,19,20,21). The van der Waals surface area contributed by atoms with E-state index in [1.54, 1.807) is 7.11 Å². The molecule has 0 radical (unpaired) electrons. The summed E-state index contributed by atoms with van der Waals surface area (Å²) in [7, 11) is 1.61. The Hall–Kier alpha value is -2.73. The molecule has 2 aromatic rings. The predicted octanol–water partition coefficient (Wildman–Crippen LogP) is 2.17. The van der Waals surface area contributed by atoms with Gasteiger partial charge in [0.25, 0.3) is 0 Å². The van der Waals surface area contributed by atoms with E-state index in [1.807, 2.05) is 55.5 Å². The van der Waals surface area contributed by atoms with Gasteiger partial charge in [0, 0.05) is 5.69 Å². The number of guanidine groups is 1. The second-order valence-electron chi connectivity index (χ2n) is 5.36. The Morgan fingerprint density at radius 2 is 1.96 bits per heavy atom. The maximum absolute atomic E-state index is 9.93. The maximum Gasteiger partial charge on any atom is 0.193 e. The number of benzene rings is 2. The molecule has 6 heteroatoms. The van der Waals surface area contributed by atoms with Gasteiger partial charge in [0.05, 0.1) is 13.7 Å². The summed E-state index contributed by atoms with van der Waals surface area (Å²) in [5.74, 6) is 1.72. The van der Waals surface area contributed by atoms with Gasteiger partial charge in [0.2, 0.25) is 0 Å². The highest BCUT2D eigenvalue weighted by molar-refractivity contribution is 5.92. The molecule has 0 aliphatic carbocycles. The molecule has 0 aliphatic rings. The van der Waals surface area contributed by atoms with Crippen LogP contribution in [0.25, 0.3) is 0 Å². The minimum atomic E-state index is -0.735. The fourth-order valence-electron chi connectivity index (χ4n) is 2.02. The number of nitrogens with one attached hydrogen (secondary N) is 1. The van der Waals surface area contributed by atoms with Crippen LogP contribution in [-0.4, -0.2) is 37.4 Å². The zero-order valence-electron chi connectivity index (χ0n) is 13.9. The van der Waals surface area contributed by atoms with Crippen molar-refractivity contribution in [1.82, 2.24) is 0 Å². The number of hydrogen-bond donors (Lipinski definition) is 3. The first-order valence-electron chi connectivity index (χ1n) is 7.65. The number of aliphatic hydroxyl groups is 1. The molecule has 24 heavy (non-hydrogen) atoms. The molecule has 0 bridgehead atoms. The summed E-state index contributed by atoms with van der Waals surface area (Å²) in [6.07, 6.45) is -0.735. The lowest BCUT2D eigenvalue weighted by Crippen LogP contribution is -2.27. The quantitative estimate of drug-likeness (QED) is 0.535. The minimum absolute atomic E-state index is 0.154. The van der Waals surface area contributed by atoms with Crippen molar-refractivity contribution in [3.63, 3.8) is 0 Å². The Morgan fingerprint density at radius 1 is 1.21 bits per heavy atom. The zero-order valence-corrected chi connectivity index (χ0v) is 13.9. The Morgan fingerprint density at radius 3 is 2.62 bits per heavy atom. The third-order valence-corrected chi connectivity index (χ3v) is 3.27. The fraction of sp³-hybridized carbons (Fsp3) is 0.278. The van der Waals surface area contributed by atoms with Crippen molar-refractivity contribution in [3.8, 4) is 11.5 Å². The van der Waals surface area contributed by atoms with Gasteiger partial charge in [-0.25, -0.2) is 0 Å². The van der Waals surface area contributed by atoms with Crippen molar-refractivity contribution in [2.24, 2.45) is 10.7 Å². The summed E-state index contributed by atoms with van der Waals surface area (Å²) in [4.78, 5) is 4.11. The third-order valence-electron chi connectivity index (χ3n) is 3.27. The molecule has 0 amide bonds. The van der Waals surface area contributed by atoms with Crippen LogP contribution in [0.1, 0.15) is 5.56 Å². The van der Waals surface area contributed by atoms with Crippen molar-refractivity contribution in [1.29, 1.82) is 0 Å². The predicted molar refractivity (Wildman–Crippen MR) is 95.8 cm³/mol. The Kier molecular flexibility index (Phi) is 6.45. The highest BCUT2D eigenvalue weighted by atomic mass is 16.5. The van der Waals surface area contributed by atoms with Gasteiger partial charge in [0.15, 0.2) is 5.96 Å². The van der Waals surface area contributed by atoms with Crippen LogP contribution in [0, 0.1) is 6.92 Å². The summed E-state index contributed by atoms with van der Waals surface area (Å²) in [5.41, 5.74) is 7.71. The van der Waals surface area contributed by atoms with Gasteiger partial charge in [-0.3, -0.25) is 4.99 Å². The lowest BCUT2D eigenvalue weighted by Gasteiger charge is -2.12. The Bertz CT molecular complexity index is 671. The van der Waals surface area contributed by atoms with Crippen molar-refractivity contribution >= 4 is 11.6 Å². The zero-order chi connectivity index (χ0) is 17.4. The molecule has 4 N–H and O–H groups in total. The molecule has 2 rings (SSSR count). The van der Waals surface area contributed by atoms with Gasteiger partial charge in [0.1, 0.15) is 24.2 Å².